The van der Waals surface area contributed by atoms with Crippen LogP contribution in [0.3, 0.4) is 0 Å². The number of para-hydroxylation sites is 1. The Bertz CT molecular complexity index is 737. The van der Waals surface area contributed by atoms with Crippen molar-refractivity contribution in [3.05, 3.63) is 42.0 Å². The molecule has 2 aromatic heterocycles. The number of aryl methyl sites for hydroxylation is 1. The fourth-order valence-corrected chi connectivity index (χ4v) is 2.20. The maximum absolute atomic E-state index is 11.1. The van der Waals surface area contributed by atoms with Gasteiger partial charge in [0, 0.05) is 18.0 Å². The maximum Gasteiger partial charge on any atom is 0.170 e. The van der Waals surface area contributed by atoms with Crippen LogP contribution in [0, 0.1) is 6.92 Å². The van der Waals surface area contributed by atoms with Gasteiger partial charge in [0.2, 0.25) is 0 Å². The Morgan fingerprint density at radius 1 is 1.33 bits per heavy atom. The molecule has 3 rings (SSSR count). The predicted molar refractivity (Wildman–Crippen MR) is 68.5 cm³/mol. The predicted octanol–water partition coefficient (Wildman–Crippen LogP) is 2.95. The molecule has 0 N–H and O–H groups in total. The molecule has 0 saturated carbocycles. The number of nitrogens with zero attached hydrogens (tertiary/aromatic N) is 2. The smallest absolute Gasteiger partial charge is 0.170 e. The molecule has 4 heteroatoms. The van der Waals surface area contributed by atoms with E-state index in [2.05, 4.69) is 4.98 Å². The van der Waals surface area contributed by atoms with Gasteiger partial charge < -0.3 is 8.98 Å². The molecular weight excluding hydrogens is 228 g/mol. The number of carbonyl (C=O) groups is 1. The van der Waals surface area contributed by atoms with E-state index in [1.165, 1.54) is 0 Å². The van der Waals surface area contributed by atoms with E-state index in [0.29, 0.717) is 5.69 Å². The Kier molecular flexibility index (Phi) is 2.30. The zero-order chi connectivity index (χ0) is 12.7. The van der Waals surface area contributed by atoms with E-state index < -0.39 is 0 Å². The molecule has 0 spiro atoms. The summed E-state index contributed by atoms with van der Waals surface area (Å²) >= 11 is 0. The lowest BCUT2D eigenvalue weighted by molar-refractivity contribution is 0.112. The number of furan rings is 1. The first-order valence-electron chi connectivity index (χ1n) is 5.67. The lowest BCUT2D eigenvalue weighted by Crippen LogP contribution is -1.94. The second kappa shape index (κ2) is 3.84. The molecule has 0 atom stereocenters. The second-order valence-electron chi connectivity index (χ2n) is 4.22. The molecule has 0 fully saturated rings. The molecular formula is C14H12N2O2. The average Bonchev–Trinajstić information content (AvgIpc) is 2.92. The van der Waals surface area contributed by atoms with Crippen LogP contribution in [0.1, 0.15) is 16.3 Å². The van der Waals surface area contributed by atoms with Gasteiger partial charge in [-0.1, -0.05) is 18.2 Å². The third-order valence-electron chi connectivity index (χ3n) is 3.19. The summed E-state index contributed by atoms with van der Waals surface area (Å²) in [5.74, 6) is 0.803. The number of aromatic nitrogens is 2. The van der Waals surface area contributed by atoms with Gasteiger partial charge >= 0.3 is 0 Å². The van der Waals surface area contributed by atoms with Crippen molar-refractivity contribution >= 4 is 17.3 Å². The van der Waals surface area contributed by atoms with Gasteiger partial charge in [-0.05, 0) is 13.0 Å². The van der Waals surface area contributed by atoms with E-state index in [-0.39, 0.29) is 0 Å². The summed E-state index contributed by atoms with van der Waals surface area (Å²) in [6.07, 6.45) is 2.46. The zero-order valence-corrected chi connectivity index (χ0v) is 10.2. The van der Waals surface area contributed by atoms with E-state index in [1.54, 1.807) is 6.26 Å². The highest BCUT2D eigenvalue weighted by Crippen LogP contribution is 2.32. The van der Waals surface area contributed by atoms with E-state index in [0.717, 1.165) is 34.3 Å². The third kappa shape index (κ3) is 1.39. The lowest BCUT2D eigenvalue weighted by atomic mass is 10.1. The molecule has 3 aromatic rings. The van der Waals surface area contributed by atoms with E-state index in [9.17, 15) is 4.79 Å². The molecule has 0 aliphatic rings. The molecule has 0 aliphatic carbocycles. The maximum atomic E-state index is 11.1. The largest absolute Gasteiger partial charge is 0.464 e. The first-order chi connectivity index (χ1) is 8.72. The van der Waals surface area contributed by atoms with Gasteiger partial charge in [0.15, 0.2) is 6.29 Å². The Morgan fingerprint density at radius 3 is 2.89 bits per heavy atom. The van der Waals surface area contributed by atoms with E-state index in [1.807, 2.05) is 42.8 Å². The molecule has 0 radical (unpaired) electrons. The Hall–Kier alpha value is -2.36. The van der Waals surface area contributed by atoms with Crippen LogP contribution >= 0.6 is 0 Å². The van der Waals surface area contributed by atoms with Crippen LogP contribution < -0.4 is 0 Å². The van der Waals surface area contributed by atoms with Gasteiger partial charge in [-0.25, -0.2) is 4.98 Å². The van der Waals surface area contributed by atoms with Gasteiger partial charge in [0.05, 0.1) is 5.69 Å². The van der Waals surface area contributed by atoms with Crippen LogP contribution in [-0.4, -0.2) is 15.8 Å². The molecule has 0 unspecified atom stereocenters. The number of fused-ring (bicyclic) bond motifs is 1. The first kappa shape index (κ1) is 10.8. The fourth-order valence-electron chi connectivity index (χ4n) is 2.20. The minimum atomic E-state index is 0.446. The molecule has 90 valence electrons. The van der Waals surface area contributed by atoms with Crippen LogP contribution in [0.2, 0.25) is 0 Å². The van der Waals surface area contributed by atoms with Crippen molar-refractivity contribution in [2.45, 2.75) is 6.92 Å². The van der Waals surface area contributed by atoms with Crippen LogP contribution in [-0.2, 0) is 7.05 Å². The summed E-state index contributed by atoms with van der Waals surface area (Å²) in [6.45, 7) is 1.87. The summed E-state index contributed by atoms with van der Waals surface area (Å²) in [5, 5.41) is 0.989. The number of hydrogen-bond acceptors (Lipinski definition) is 3. The summed E-state index contributed by atoms with van der Waals surface area (Å²) in [4.78, 5) is 15.4. The fraction of sp³-hybridized carbons (Fsp3) is 0.143. The number of hydrogen-bond donors (Lipinski definition) is 0. The van der Waals surface area contributed by atoms with Crippen molar-refractivity contribution in [1.82, 2.24) is 9.55 Å². The van der Waals surface area contributed by atoms with Gasteiger partial charge in [0.1, 0.15) is 23.4 Å². The van der Waals surface area contributed by atoms with Crippen molar-refractivity contribution in [2.24, 2.45) is 7.05 Å². The Labute approximate surface area is 104 Å². The van der Waals surface area contributed by atoms with Gasteiger partial charge in [-0.2, -0.15) is 0 Å². The Balaban J connectivity index is 2.36. The summed E-state index contributed by atoms with van der Waals surface area (Å²) in [7, 11) is 1.90. The van der Waals surface area contributed by atoms with Crippen LogP contribution in [0.15, 0.2) is 34.9 Å². The summed E-state index contributed by atoms with van der Waals surface area (Å²) in [6, 6.07) is 7.75. The minimum absolute atomic E-state index is 0.446. The van der Waals surface area contributed by atoms with Crippen molar-refractivity contribution in [3.8, 4) is 11.3 Å². The van der Waals surface area contributed by atoms with Crippen molar-refractivity contribution in [1.29, 1.82) is 0 Å². The molecule has 0 aliphatic heterocycles. The molecule has 2 heterocycles. The van der Waals surface area contributed by atoms with E-state index >= 15 is 0 Å². The average molecular weight is 240 g/mol. The summed E-state index contributed by atoms with van der Waals surface area (Å²) < 4.78 is 7.41. The number of rotatable bonds is 2. The van der Waals surface area contributed by atoms with Gasteiger partial charge in [-0.3, -0.25) is 4.79 Å². The monoisotopic (exact) mass is 240 g/mol. The normalized spacial score (nSPS) is 11.0. The van der Waals surface area contributed by atoms with Crippen molar-refractivity contribution in [2.75, 3.05) is 0 Å². The Morgan fingerprint density at radius 2 is 2.11 bits per heavy atom. The number of carbonyl (C=O) groups excluding carboxylic acids is 1. The summed E-state index contributed by atoms with van der Waals surface area (Å²) in [5.41, 5.74) is 2.95. The van der Waals surface area contributed by atoms with Crippen LogP contribution in [0.25, 0.3) is 22.2 Å². The quantitative estimate of drug-likeness (QED) is 0.647. The SMILES string of the molecule is Cc1nc(C=O)c(-c2coc3ccccc23)n1C. The molecule has 0 amide bonds. The van der Waals surface area contributed by atoms with Gasteiger partial charge in [0.25, 0.3) is 0 Å². The highest BCUT2D eigenvalue weighted by atomic mass is 16.3. The number of aldehydes is 1. The topological polar surface area (TPSA) is 48.0 Å². The molecule has 1 aromatic carbocycles. The van der Waals surface area contributed by atoms with Crippen molar-refractivity contribution < 1.29 is 9.21 Å². The first-order valence-corrected chi connectivity index (χ1v) is 5.67. The number of benzene rings is 1. The van der Waals surface area contributed by atoms with Crippen molar-refractivity contribution in [3.63, 3.8) is 0 Å². The molecule has 18 heavy (non-hydrogen) atoms. The highest BCUT2D eigenvalue weighted by molar-refractivity contribution is 5.97. The number of imidazole rings is 1. The minimum Gasteiger partial charge on any atom is -0.464 e. The molecule has 0 saturated heterocycles. The third-order valence-corrected chi connectivity index (χ3v) is 3.19. The second-order valence-corrected chi connectivity index (χ2v) is 4.22. The highest BCUT2D eigenvalue weighted by Gasteiger charge is 2.17. The molecule has 4 nitrogen and oxygen atoms in total. The van der Waals surface area contributed by atoms with Gasteiger partial charge in [-0.15, -0.1) is 0 Å². The van der Waals surface area contributed by atoms with Crippen LogP contribution in [0.5, 0.6) is 0 Å². The van der Waals surface area contributed by atoms with Crippen LogP contribution in [0.4, 0.5) is 0 Å². The lowest BCUT2D eigenvalue weighted by Gasteiger charge is -2.02. The standard InChI is InChI=1S/C14H12N2O2/c1-9-15-12(7-17)14(16(9)2)11-8-18-13-6-4-3-5-10(11)13/h3-8H,1-2H3. The zero-order valence-electron chi connectivity index (χ0n) is 10.2. The van der Waals surface area contributed by atoms with E-state index in [4.69, 9.17) is 4.42 Å². The molecule has 0 bridgehead atoms.